The van der Waals surface area contributed by atoms with Gasteiger partial charge in [-0.1, -0.05) is 56.2 Å². The van der Waals surface area contributed by atoms with Gasteiger partial charge in [0.05, 0.1) is 0 Å². The summed E-state index contributed by atoms with van der Waals surface area (Å²) < 4.78 is 64.3. The minimum Gasteiger partial charge on any atom is -0.368 e. The molecule has 0 saturated carbocycles. The molecule has 2 aromatic carbocycles. The molecule has 1 heterocycles. The summed E-state index contributed by atoms with van der Waals surface area (Å²) in [5.74, 6) is -0.514. The number of benzene rings is 2. The fourth-order valence-electron chi connectivity index (χ4n) is 3.68. The van der Waals surface area contributed by atoms with Crippen LogP contribution in [0.25, 0.3) is 0 Å². The van der Waals surface area contributed by atoms with Gasteiger partial charge in [-0.25, -0.2) is 0 Å². The van der Waals surface area contributed by atoms with Crippen molar-refractivity contribution in [3.8, 4) is 0 Å². The Morgan fingerprint density at radius 1 is 1.00 bits per heavy atom. The third kappa shape index (κ3) is 5.83. The molecule has 0 spiro atoms. The highest BCUT2D eigenvalue weighted by atomic mass is 35.5. The minimum absolute atomic E-state index is 0.0892. The van der Waals surface area contributed by atoms with Crippen LogP contribution in [0.15, 0.2) is 47.4 Å². The number of hydrogen-bond acceptors (Lipinski definition) is 2. The first-order chi connectivity index (χ1) is 14.1. The van der Waals surface area contributed by atoms with Crippen LogP contribution in [0.2, 0.25) is 5.02 Å². The highest BCUT2D eigenvalue weighted by Gasteiger charge is 2.65. The lowest BCUT2D eigenvalue weighted by Gasteiger charge is -2.40. The molecular weight excluding hydrogens is 459 g/mol. The Hall–Kier alpha value is -2.00. The molecule has 3 nitrogen and oxygen atoms in total. The molecule has 2 aromatic rings. The third-order valence-electron chi connectivity index (χ3n) is 5.52. The van der Waals surface area contributed by atoms with Gasteiger partial charge in [0.1, 0.15) is 4.90 Å². The van der Waals surface area contributed by atoms with E-state index in [9.17, 15) is 24.2 Å². The number of halogens is 6. The lowest BCUT2D eigenvalue weighted by atomic mass is 9.97. The molecule has 31 heavy (non-hydrogen) atoms. The molecule has 1 fully saturated rings. The predicted octanol–water partition coefficient (Wildman–Crippen LogP) is 7.15. The van der Waals surface area contributed by atoms with Crippen molar-refractivity contribution in [1.82, 2.24) is 4.90 Å². The van der Waals surface area contributed by atoms with Crippen LogP contribution in [0.5, 0.6) is 0 Å². The number of rotatable bonds is 5. The molecule has 1 saturated heterocycles. The lowest BCUT2D eigenvalue weighted by Crippen LogP contribution is -2.49. The normalized spacial score (nSPS) is 18.3. The van der Waals surface area contributed by atoms with Gasteiger partial charge in [0.25, 0.3) is 0 Å². The van der Waals surface area contributed by atoms with Crippen LogP contribution in [0.1, 0.15) is 30.4 Å². The second-order valence-corrected chi connectivity index (χ2v) is 10.8. The van der Waals surface area contributed by atoms with Gasteiger partial charge >= 0.3 is 10.2 Å². The third-order valence-corrected chi connectivity index (χ3v) is 6.92. The highest BCUT2D eigenvalue weighted by molar-refractivity contribution is 8.45. The van der Waals surface area contributed by atoms with Gasteiger partial charge in [-0.3, -0.25) is 4.79 Å². The summed E-state index contributed by atoms with van der Waals surface area (Å²) in [6.07, 6.45) is 0.0892. The zero-order valence-electron chi connectivity index (χ0n) is 17.1. The first-order valence-corrected chi connectivity index (χ1v) is 12.1. The average molecular weight is 483 g/mol. The van der Waals surface area contributed by atoms with E-state index in [2.05, 4.69) is 4.90 Å². The monoisotopic (exact) mass is 482 g/mol. The Morgan fingerprint density at radius 2 is 1.58 bits per heavy atom. The van der Waals surface area contributed by atoms with Crippen molar-refractivity contribution in [2.45, 2.75) is 31.1 Å². The second kappa shape index (κ2) is 7.55. The van der Waals surface area contributed by atoms with Crippen molar-refractivity contribution in [1.29, 1.82) is 0 Å². The van der Waals surface area contributed by atoms with E-state index in [1.807, 2.05) is 25.1 Å². The lowest BCUT2D eigenvalue weighted by molar-refractivity contribution is -0.131. The number of hydrogen-bond donors (Lipinski definition) is 0. The largest absolute Gasteiger partial charge is 0.368 e. The molecule has 1 atom stereocenters. The van der Waals surface area contributed by atoms with Crippen LogP contribution >= 0.6 is 21.8 Å². The van der Waals surface area contributed by atoms with Crippen molar-refractivity contribution < 1.29 is 24.2 Å². The zero-order chi connectivity index (χ0) is 23.1. The van der Waals surface area contributed by atoms with Gasteiger partial charge in [-0.05, 0) is 48.2 Å². The van der Waals surface area contributed by atoms with Gasteiger partial charge in [0, 0.05) is 43.3 Å². The molecule has 172 valence electrons. The zero-order valence-corrected chi connectivity index (χ0v) is 18.7. The molecule has 0 N–H and O–H groups in total. The van der Waals surface area contributed by atoms with E-state index in [1.165, 1.54) is 0 Å². The number of nitrogens with zero attached hydrogens (tertiary/aromatic N) is 2. The topological polar surface area (TPSA) is 23.6 Å². The molecule has 1 amide bonds. The van der Waals surface area contributed by atoms with E-state index < -0.39 is 21.0 Å². The Morgan fingerprint density at radius 3 is 2.13 bits per heavy atom. The van der Waals surface area contributed by atoms with Gasteiger partial charge in [0.2, 0.25) is 5.91 Å². The van der Waals surface area contributed by atoms with E-state index in [0.29, 0.717) is 48.9 Å². The van der Waals surface area contributed by atoms with Gasteiger partial charge in [0.15, 0.2) is 0 Å². The fraction of sp³-hybridized carbons (Fsp3) is 0.381. The predicted molar refractivity (Wildman–Crippen MR) is 116 cm³/mol. The van der Waals surface area contributed by atoms with Crippen LogP contribution < -0.4 is 4.90 Å². The van der Waals surface area contributed by atoms with E-state index >= 15 is 0 Å². The van der Waals surface area contributed by atoms with Crippen LogP contribution in [-0.4, -0.2) is 37.0 Å². The summed E-state index contributed by atoms with van der Waals surface area (Å²) in [6, 6.07) is 8.49. The Kier molecular flexibility index (Phi) is 5.76. The number of piperazine rings is 1. The minimum atomic E-state index is -9.69. The summed E-state index contributed by atoms with van der Waals surface area (Å²) >= 11 is 6.09. The van der Waals surface area contributed by atoms with Crippen LogP contribution in [0.3, 0.4) is 0 Å². The highest BCUT2D eigenvalue weighted by Crippen LogP contribution is 3.02. The summed E-state index contributed by atoms with van der Waals surface area (Å²) in [4.78, 5) is 14.6. The first-order valence-electron chi connectivity index (χ1n) is 9.77. The van der Waals surface area contributed by atoms with Crippen LogP contribution in [0, 0.1) is 6.92 Å². The van der Waals surface area contributed by atoms with Gasteiger partial charge in [-0.2, -0.15) is 0 Å². The van der Waals surface area contributed by atoms with Crippen LogP contribution in [-0.2, 0) is 4.79 Å². The van der Waals surface area contributed by atoms with Crippen molar-refractivity contribution in [2.75, 3.05) is 31.1 Å². The molecular formula is C21H24ClF5N2OS. The number of carbonyl (C=O) groups is 1. The standard InChI is InChI=1S/C21H24ClF5N2OS/c1-15-3-6-18(22)14-20(15)28-9-11-29(12-10-28)21(30)13-16(2)17-4-7-19(8-5-17)31(23,24,25,26)27/h3-8,14,16H,9-13H2,1-2H3/t16-/m1/s1. The molecule has 0 aliphatic carbocycles. The van der Waals surface area contributed by atoms with E-state index in [-0.39, 0.29) is 12.3 Å². The van der Waals surface area contributed by atoms with Crippen LogP contribution in [0.4, 0.5) is 25.1 Å². The summed E-state index contributed by atoms with van der Waals surface area (Å²) in [6.45, 7) is 5.99. The molecule has 0 aromatic heterocycles. The molecule has 10 heteroatoms. The number of aryl methyl sites for hydroxylation is 1. The number of amides is 1. The van der Waals surface area contributed by atoms with E-state index in [0.717, 1.165) is 23.4 Å². The molecule has 0 bridgehead atoms. The van der Waals surface area contributed by atoms with Crippen molar-refractivity contribution >= 4 is 33.4 Å². The fourth-order valence-corrected chi connectivity index (χ4v) is 4.50. The maximum atomic E-state index is 12.9. The maximum Gasteiger partial charge on any atom is 0.310 e. The van der Waals surface area contributed by atoms with Gasteiger partial charge in [-0.15, -0.1) is 0 Å². The second-order valence-electron chi connectivity index (χ2n) is 7.94. The van der Waals surface area contributed by atoms with E-state index in [1.54, 1.807) is 11.8 Å². The van der Waals surface area contributed by atoms with Crippen molar-refractivity contribution in [2.24, 2.45) is 0 Å². The Balaban J connectivity index is 1.59. The Bertz CT molecular complexity index is 975. The molecule has 1 aliphatic rings. The number of carbonyl (C=O) groups excluding carboxylic acids is 1. The summed E-state index contributed by atoms with van der Waals surface area (Å²) in [5.41, 5.74) is 2.52. The maximum absolute atomic E-state index is 12.9. The molecule has 1 aliphatic heterocycles. The van der Waals surface area contributed by atoms with Gasteiger partial charge < -0.3 is 9.80 Å². The SMILES string of the molecule is Cc1ccc(Cl)cc1N1CCN(C(=O)C[C@@H](C)c2ccc(S(F)(F)(F)(F)F)cc2)CC1. The molecule has 0 unspecified atom stereocenters. The molecule has 3 rings (SSSR count). The molecule has 0 radical (unpaired) electrons. The summed E-state index contributed by atoms with van der Waals surface area (Å²) in [7, 11) is -9.69. The average Bonchev–Trinajstić information content (AvgIpc) is 2.68. The quantitative estimate of drug-likeness (QED) is 0.422. The van der Waals surface area contributed by atoms with Crippen molar-refractivity contribution in [3.63, 3.8) is 0 Å². The van der Waals surface area contributed by atoms with E-state index in [4.69, 9.17) is 11.6 Å². The summed E-state index contributed by atoms with van der Waals surface area (Å²) in [5, 5.41) is 0.643. The Labute approximate surface area is 183 Å². The first kappa shape index (κ1) is 23.7. The van der Waals surface area contributed by atoms with Crippen molar-refractivity contribution in [3.05, 3.63) is 58.6 Å². The number of anilines is 1. The smallest absolute Gasteiger partial charge is 0.310 e.